The summed E-state index contributed by atoms with van der Waals surface area (Å²) < 4.78 is 0. The van der Waals surface area contributed by atoms with Gasteiger partial charge in [0.2, 0.25) is 0 Å². The lowest BCUT2D eigenvalue weighted by molar-refractivity contribution is -0.385. The molecule has 0 radical (unpaired) electrons. The van der Waals surface area contributed by atoms with Crippen LogP contribution in [0.4, 0.5) is 5.69 Å². The summed E-state index contributed by atoms with van der Waals surface area (Å²) in [6.45, 7) is 3.30. The van der Waals surface area contributed by atoms with Crippen LogP contribution in [0.1, 0.15) is 18.4 Å². The summed E-state index contributed by atoms with van der Waals surface area (Å²) in [4.78, 5) is 12.9. The zero-order chi connectivity index (χ0) is 13.0. The number of nitrogens with two attached hydrogens (primary N) is 1. The van der Waals surface area contributed by atoms with E-state index in [9.17, 15) is 10.1 Å². The van der Waals surface area contributed by atoms with E-state index >= 15 is 0 Å². The zero-order valence-corrected chi connectivity index (χ0v) is 10.4. The van der Waals surface area contributed by atoms with E-state index in [2.05, 4.69) is 4.90 Å². The lowest BCUT2D eigenvalue weighted by atomic mass is 9.98. The van der Waals surface area contributed by atoms with Crippen molar-refractivity contribution in [2.75, 3.05) is 19.6 Å². The highest BCUT2D eigenvalue weighted by atomic mass is 16.6. The van der Waals surface area contributed by atoms with Crippen LogP contribution in [0.5, 0.6) is 0 Å². The van der Waals surface area contributed by atoms with Crippen molar-refractivity contribution in [2.45, 2.75) is 19.4 Å². The topological polar surface area (TPSA) is 72.4 Å². The van der Waals surface area contributed by atoms with Gasteiger partial charge in [0.05, 0.1) is 4.92 Å². The molecule has 2 N–H and O–H groups in total. The van der Waals surface area contributed by atoms with Gasteiger partial charge in [0.25, 0.3) is 5.69 Å². The van der Waals surface area contributed by atoms with Crippen LogP contribution in [-0.2, 0) is 6.54 Å². The molecule has 1 atom stereocenters. The van der Waals surface area contributed by atoms with Gasteiger partial charge in [-0.05, 0) is 31.8 Å². The third-order valence-corrected chi connectivity index (χ3v) is 3.52. The van der Waals surface area contributed by atoms with Gasteiger partial charge >= 0.3 is 0 Å². The smallest absolute Gasteiger partial charge is 0.273 e. The Morgan fingerprint density at radius 1 is 1.44 bits per heavy atom. The highest BCUT2D eigenvalue weighted by Gasteiger charge is 2.21. The minimum Gasteiger partial charge on any atom is -0.330 e. The SMILES string of the molecule is NCC1CCCN(Cc2ccccc2[N+](=O)[O-])C1. The molecule has 5 heteroatoms. The molecule has 1 heterocycles. The molecule has 1 aromatic rings. The first kappa shape index (κ1) is 13.0. The minimum atomic E-state index is -0.306. The minimum absolute atomic E-state index is 0.215. The van der Waals surface area contributed by atoms with Crippen LogP contribution in [0.3, 0.4) is 0 Å². The fraction of sp³-hybridized carbons (Fsp3) is 0.538. The van der Waals surface area contributed by atoms with E-state index in [0.717, 1.165) is 25.1 Å². The Hall–Kier alpha value is -1.46. The number of para-hydroxylation sites is 1. The van der Waals surface area contributed by atoms with Gasteiger partial charge in [-0.25, -0.2) is 0 Å². The third-order valence-electron chi connectivity index (χ3n) is 3.52. The number of nitrogens with zero attached hydrogens (tertiary/aromatic N) is 2. The van der Waals surface area contributed by atoms with E-state index in [4.69, 9.17) is 5.73 Å². The van der Waals surface area contributed by atoms with E-state index < -0.39 is 0 Å². The maximum atomic E-state index is 11.0. The summed E-state index contributed by atoms with van der Waals surface area (Å²) in [7, 11) is 0. The molecule has 0 saturated carbocycles. The molecule has 0 spiro atoms. The average Bonchev–Trinajstić information content (AvgIpc) is 2.39. The molecular weight excluding hydrogens is 230 g/mol. The number of nitro groups is 1. The summed E-state index contributed by atoms with van der Waals surface area (Å²) in [5, 5.41) is 11.0. The number of likely N-dealkylation sites (tertiary alicyclic amines) is 1. The lowest BCUT2D eigenvalue weighted by Gasteiger charge is -2.31. The Bertz CT molecular complexity index is 422. The normalized spacial score (nSPS) is 20.8. The van der Waals surface area contributed by atoms with Crippen molar-refractivity contribution in [3.63, 3.8) is 0 Å². The Labute approximate surface area is 107 Å². The molecule has 1 unspecified atom stereocenters. The number of hydrogen-bond donors (Lipinski definition) is 1. The molecule has 1 saturated heterocycles. The Morgan fingerprint density at radius 2 is 2.22 bits per heavy atom. The van der Waals surface area contributed by atoms with Gasteiger partial charge in [-0.1, -0.05) is 18.2 Å². The molecule has 0 bridgehead atoms. The van der Waals surface area contributed by atoms with Crippen LogP contribution in [0.15, 0.2) is 24.3 Å². The molecule has 1 fully saturated rings. The zero-order valence-electron chi connectivity index (χ0n) is 10.4. The Morgan fingerprint density at radius 3 is 2.94 bits per heavy atom. The van der Waals surface area contributed by atoms with Gasteiger partial charge in [0.15, 0.2) is 0 Å². The summed E-state index contributed by atoms with van der Waals surface area (Å²) >= 11 is 0. The number of piperidine rings is 1. The van der Waals surface area contributed by atoms with E-state index in [1.54, 1.807) is 12.1 Å². The fourth-order valence-corrected chi connectivity index (χ4v) is 2.55. The first-order chi connectivity index (χ1) is 8.70. The molecule has 1 aromatic carbocycles. The largest absolute Gasteiger partial charge is 0.330 e. The van der Waals surface area contributed by atoms with Gasteiger partial charge in [-0.2, -0.15) is 0 Å². The molecule has 0 aliphatic carbocycles. The standard InChI is InChI=1S/C13H19N3O2/c14-8-11-4-3-7-15(9-11)10-12-5-1-2-6-13(12)16(17)18/h1-2,5-6,11H,3-4,7-10,14H2. The maximum Gasteiger partial charge on any atom is 0.273 e. The van der Waals surface area contributed by atoms with Crippen LogP contribution in [0.2, 0.25) is 0 Å². The second-order valence-electron chi connectivity index (χ2n) is 4.86. The molecule has 1 aliphatic heterocycles. The molecule has 18 heavy (non-hydrogen) atoms. The highest BCUT2D eigenvalue weighted by Crippen LogP contribution is 2.22. The molecule has 0 aromatic heterocycles. The number of benzene rings is 1. The van der Waals surface area contributed by atoms with Crippen molar-refractivity contribution in [3.8, 4) is 0 Å². The predicted octanol–water partition coefficient (Wildman–Crippen LogP) is 1.77. The number of hydrogen-bond acceptors (Lipinski definition) is 4. The van der Waals surface area contributed by atoms with Crippen molar-refractivity contribution < 1.29 is 4.92 Å². The highest BCUT2D eigenvalue weighted by molar-refractivity contribution is 5.39. The third kappa shape index (κ3) is 3.05. The fourth-order valence-electron chi connectivity index (χ4n) is 2.55. The molecule has 98 valence electrons. The second-order valence-corrected chi connectivity index (χ2v) is 4.86. The molecule has 2 rings (SSSR count). The van der Waals surface area contributed by atoms with Gasteiger partial charge in [0.1, 0.15) is 0 Å². The van der Waals surface area contributed by atoms with Crippen molar-refractivity contribution in [3.05, 3.63) is 39.9 Å². The molecule has 5 nitrogen and oxygen atoms in total. The van der Waals surface area contributed by atoms with Crippen LogP contribution < -0.4 is 5.73 Å². The van der Waals surface area contributed by atoms with Crippen LogP contribution in [0, 0.1) is 16.0 Å². The van der Waals surface area contributed by atoms with Crippen molar-refractivity contribution in [2.24, 2.45) is 11.7 Å². The van der Waals surface area contributed by atoms with E-state index in [-0.39, 0.29) is 10.6 Å². The van der Waals surface area contributed by atoms with Crippen molar-refractivity contribution in [1.29, 1.82) is 0 Å². The Kier molecular flexibility index (Phi) is 4.28. The van der Waals surface area contributed by atoms with Crippen LogP contribution in [-0.4, -0.2) is 29.5 Å². The van der Waals surface area contributed by atoms with Crippen molar-refractivity contribution >= 4 is 5.69 Å². The molecular formula is C13H19N3O2. The number of nitro benzene ring substituents is 1. The van der Waals surface area contributed by atoms with Gasteiger partial charge in [0, 0.05) is 24.7 Å². The number of rotatable bonds is 4. The van der Waals surface area contributed by atoms with E-state index in [1.165, 1.54) is 6.42 Å². The van der Waals surface area contributed by atoms with Gasteiger partial charge < -0.3 is 5.73 Å². The Balaban J connectivity index is 2.07. The summed E-state index contributed by atoms with van der Waals surface area (Å²) in [6.07, 6.45) is 2.30. The van der Waals surface area contributed by atoms with Gasteiger partial charge in [-0.15, -0.1) is 0 Å². The second kappa shape index (κ2) is 5.93. The monoisotopic (exact) mass is 249 g/mol. The quantitative estimate of drug-likeness (QED) is 0.652. The lowest BCUT2D eigenvalue weighted by Crippen LogP contribution is -2.37. The maximum absolute atomic E-state index is 11.0. The summed E-state index contributed by atoms with van der Waals surface area (Å²) in [5.74, 6) is 0.529. The summed E-state index contributed by atoms with van der Waals surface area (Å²) in [5.41, 5.74) is 6.71. The first-order valence-electron chi connectivity index (χ1n) is 6.35. The van der Waals surface area contributed by atoms with Crippen LogP contribution in [0.25, 0.3) is 0 Å². The van der Waals surface area contributed by atoms with Crippen molar-refractivity contribution in [1.82, 2.24) is 4.90 Å². The average molecular weight is 249 g/mol. The van der Waals surface area contributed by atoms with E-state index in [0.29, 0.717) is 19.0 Å². The molecule has 1 aliphatic rings. The van der Waals surface area contributed by atoms with Gasteiger partial charge in [-0.3, -0.25) is 15.0 Å². The predicted molar refractivity (Wildman–Crippen MR) is 70.2 cm³/mol. The first-order valence-corrected chi connectivity index (χ1v) is 6.35. The van der Waals surface area contributed by atoms with E-state index in [1.807, 2.05) is 12.1 Å². The summed E-state index contributed by atoms with van der Waals surface area (Å²) in [6, 6.07) is 6.97. The molecule has 0 amide bonds. The van der Waals surface area contributed by atoms with Crippen LogP contribution >= 0.6 is 0 Å².